The van der Waals surface area contributed by atoms with Crippen LogP contribution in [0.3, 0.4) is 0 Å². The van der Waals surface area contributed by atoms with Crippen LogP contribution in [-0.4, -0.2) is 50.3 Å². The maximum absolute atomic E-state index is 5.27. The van der Waals surface area contributed by atoms with Gasteiger partial charge in [0.2, 0.25) is 0 Å². The summed E-state index contributed by atoms with van der Waals surface area (Å²) in [5.41, 5.74) is 0.528. The van der Waals surface area contributed by atoms with Crippen LogP contribution < -0.4 is 5.32 Å². The average Bonchev–Trinajstić information content (AvgIpc) is 3.11. The van der Waals surface area contributed by atoms with Crippen molar-refractivity contribution in [2.45, 2.75) is 64.5 Å². The monoisotopic (exact) mass is 268 g/mol. The predicted molar refractivity (Wildman–Crippen MR) is 80.5 cm³/mol. The van der Waals surface area contributed by atoms with Gasteiger partial charge in [-0.1, -0.05) is 12.8 Å². The summed E-state index contributed by atoms with van der Waals surface area (Å²) in [5.74, 6) is 0. The Hall–Kier alpha value is -0.120. The van der Waals surface area contributed by atoms with Gasteiger partial charge in [0.05, 0.1) is 6.61 Å². The smallest absolute Gasteiger partial charge is 0.0589 e. The molecule has 2 aliphatic carbocycles. The van der Waals surface area contributed by atoms with Crippen molar-refractivity contribution in [2.24, 2.45) is 5.41 Å². The first kappa shape index (κ1) is 15.3. The van der Waals surface area contributed by atoms with E-state index in [0.29, 0.717) is 11.5 Å². The lowest BCUT2D eigenvalue weighted by Gasteiger charge is -2.38. The molecule has 0 saturated heterocycles. The number of hydrogen-bond acceptors (Lipinski definition) is 3. The maximum Gasteiger partial charge on any atom is 0.0589 e. The molecule has 3 nitrogen and oxygen atoms in total. The molecule has 0 aromatic rings. The third-order valence-electron chi connectivity index (χ3n) is 4.86. The van der Waals surface area contributed by atoms with Crippen molar-refractivity contribution in [3.8, 4) is 0 Å². The summed E-state index contributed by atoms with van der Waals surface area (Å²) < 4.78 is 5.27. The van der Waals surface area contributed by atoms with Crippen molar-refractivity contribution >= 4 is 0 Å². The highest BCUT2D eigenvalue weighted by molar-refractivity contribution is 4.93. The van der Waals surface area contributed by atoms with Crippen molar-refractivity contribution in [3.05, 3.63) is 0 Å². The first-order valence-electron chi connectivity index (χ1n) is 8.12. The van der Waals surface area contributed by atoms with Gasteiger partial charge in [-0.3, -0.25) is 4.90 Å². The number of nitrogens with zero attached hydrogens (tertiary/aromatic N) is 1. The van der Waals surface area contributed by atoms with Crippen molar-refractivity contribution in [1.82, 2.24) is 10.2 Å². The second kappa shape index (κ2) is 7.05. The quantitative estimate of drug-likeness (QED) is 0.696. The van der Waals surface area contributed by atoms with E-state index in [1.165, 1.54) is 51.6 Å². The summed E-state index contributed by atoms with van der Waals surface area (Å²) in [4.78, 5) is 2.61. The number of nitrogens with one attached hydrogen (secondary N) is 1. The Bertz CT molecular complexity index is 257. The van der Waals surface area contributed by atoms with E-state index in [9.17, 15) is 0 Å². The minimum absolute atomic E-state index is 0.528. The molecule has 0 radical (unpaired) electrons. The molecule has 0 heterocycles. The lowest BCUT2D eigenvalue weighted by Crippen LogP contribution is -2.46. The number of ether oxygens (including phenoxy) is 1. The van der Waals surface area contributed by atoms with Crippen molar-refractivity contribution in [1.29, 1.82) is 0 Å². The van der Waals surface area contributed by atoms with Gasteiger partial charge < -0.3 is 10.1 Å². The van der Waals surface area contributed by atoms with Crippen LogP contribution in [0.5, 0.6) is 0 Å². The topological polar surface area (TPSA) is 24.5 Å². The molecule has 0 spiro atoms. The fourth-order valence-corrected chi connectivity index (χ4v) is 3.32. The van der Waals surface area contributed by atoms with Crippen LogP contribution >= 0.6 is 0 Å². The Morgan fingerprint density at radius 2 is 1.95 bits per heavy atom. The zero-order chi connectivity index (χ0) is 13.7. The van der Waals surface area contributed by atoms with E-state index >= 15 is 0 Å². The molecule has 0 atom stereocenters. The molecule has 2 saturated carbocycles. The molecule has 0 unspecified atom stereocenters. The van der Waals surface area contributed by atoms with Crippen LogP contribution in [0.15, 0.2) is 0 Å². The standard InChI is InChI=1S/C16H32N2O/c1-14(2)18(10-11-19-3)13-16(8-4-5-9-16)12-17-15-6-7-15/h14-15,17H,4-13H2,1-3H3. The molecule has 19 heavy (non-hydrogen) atoms. The van der Waals surface area contributed by atoms with Crippen LogP contribution in [0.1, 0.15) is 52.4 Å². The van der Waals surface area contributed by atoms with Crippen LogP contribution in [0.2, 0.25) is 0 Å². The predicted octanol–water partition coefficient (Wildman–Crippen LogP) is 2.66. The Morgan fingerprint density at radius 1 is 1.26 bits per heavy atom. The minimum atomic E-state index is 0.528. The molecular weight excluding hydrogens is 236 g/mol. The zero-order valence-electron chi connectivity index (χ0n) is 13.1. The number of hydrogen-bond donors (Lipinski definition) is 1. The van der Waals surface area contributed by atoms with Crippen LogP contribution in [0.4, 0.5) is 0 Å². The Kier molecular flexibility index (Phi) is 5.67. The average molecular weight is 268 g/mol. The van der Waals surface area contributed by atoms with Gasteiger partial charge in [0.25, 0.3) is 0 Å². The molecule has 0 aromatic heterocycles. The molecule has 0 aliphatic heterocycles. The van der Waals surface area contributed by atoms with E-state index in [4.69, 9.17) is 4.74 Å². The molecule has 2 fully saturated rings. The van der Waals surface area contributed by atoms with Gasteiger partial charge in [0.15, 0.2) is 0 Å². The first-order chi connectivity index (χ1) is 9.15. The zero-order valence-corrected chi connectivity index (χ0v) is 13.1. The number of methoxy groups -OCH3 is 1. The van der Waals surface area contributed by atoms with Crippen molar-refractivity contribution in [2.75, 3.05) is 33.4 Å². The van der Waals surface area contributed by atoms with Crippen molar-refractivity contribution in [3.63, 3.8) is 0 Å². The fourth-order valence-electron chi connectivity index (χ4n) is 3.32. The van der Waals surface area contributed by atoms with Gasteiger partial charge in [-0.2, -0.15) is 0 Å². The van der Waals surface area contributed by atoms with Gasteiger partial charge in [0, 0.05) is 38.8 Å². The van der Waals surface area contributed by atoms with Crippen LogP contribution in [0, 0.1) is 5.41 Å². The molecule has 1 N–H and O–H groups in total. The van der Waals surface area contributed by atoms with E-state index in [1.54, 1.807) is 7.11 Å². The van der Waals surface area contributed by atoms with E-state index in [2.05, 4.69) is 24.1 Å². The van der Waals surface area contributed by atoms with E-state index < -0.39 is 0 Å². The highest BCUT2D eigenvalue weighted by atomic mass is 16.5. The molecule has 2 aliphatic rings. The molecule has 0 amide bonds. The minimum Gasteiger partial charge on any atom is -0.383 e. The van der Waals surface area contributed by atoms with Gasteiger partial charge in [-0.05, 0) is 44.9 Å². The SMILES string of the molecule is COCCN(CC1(CNC2CC2)CCCC1)C(C)C. The summed E-state index contributed by atoms with van der Waals surface area (Å²) in [7, 11) is 1.80. The Balaban J connectivity index is 1.88. The van der Waals surface area contributed by atoms with Crippen molar-refractivity contribution < 1.29 is 4.74 Å². The summed E-state index contributed by atoms with van der Waals surface area (Å²) in [6.07, 6.45) is 8.44. The van der Waals surface area contributed by atoms with E-state index in [-0.39, 0.29) is 0 Å². The second-order valence-electron chi connectivity index (χ2n) is 6.92. The van der Waals surface area contributed by atoms with E-state index in [1.807, 2.05) is 0 Å². The molecular formula is C16H32N2O. The third kappa shape index (κ3) is 4.73. The third-order valence-corrected chi connectivity index (χ3v) is 4.86. The second-order valence-corrected chi connectivity index (χ2v) is 6.92. The lowest BCUT2D eigenvalue weighted by atomic mass is 9.85. The largest absolute Gasteiger partial charge is 0.383 e. The fraction of sp³-hybridized carbons (Fsp3) is 1.00. The van der Waals surface area contributed by atoms with Gasteiger partial charge in [-0.15, -0.1) is 0 Å². The summed E-state index contributed by atoms with van der Waals surface area (Å²) in [6, 6.07) is 1.46. The van der Waals surface area contributed by atoms with E-state index in [0.717, 1.165) is 19.2 Å². The highest BCUT2D eigenvalue weighted by Crippen LogP contribution is 2.39. The summed E-state index contributed by atoms with van der Waals surface area (Å²) in [6.45, 7) is 9.02. The number of rotatable bonds is 9. The molecule has 2 rings (SSSR count). The Morgan fingerprint density at radius 3 is 2.47 bits per heavy atom. The Labute approximate surface area is 119 Å². The van der Waals surface area contributed by atoms with Crippen LogP contribution in [-0.2, 0) is 4.74 Å². The normalized spacial score (nSPS) is 22.6. The molecule has 0 aromatic carbocycles. The lowest BCUT2D eigenvalue weighted by molar-refractivity contribution is 0.0845. The van der Waals surface area contributed by atoms with Crippen LogP contribution in [0.25, 0.3) is 0 Å². The summed E-state index contributed by atoms with van der Waals surface area (Å²) >= 11 is 0. The molecule has 3 heteroatoms. The van der Waals surface area contributed by atoms with Gasteiger partial charge in [-0.25, -0.2) is 0 Å². The summed E-state index contributed by atoms with van der Waals surface area (Å²) in [5, 5.41) is 3.78. The molecule has 112 valence electrons. The van der Waals surface area contributed by atoms with Gasteiger partial charge >= 0.3 is 0 Å². The first-order valence-corrected chi connectivity index (χ1v) is 8.12. The highest BCUT2D eigenvalue weighted by Gasteiger charge is 2.37. The maximum atomic E-state index is 5.27. The van der Waals surface area contributed by atoms with Gasteiger partial charge in [0.1, 0.15) is 0 Å². The molecule has 0 bridgehead atoms.